The van der Waals surface area contributed by atoms with Crippen LogP contribution in [0.5, 0.6) is 0 Å². The Kier molecular flexibility index (Phi) is 5.14. The third-order valence-electron chi connectivity index (χ3n) is 2.98. The van der Waals surface area contributed by atoms with Crippen LogP contribution in [0.4, 0.5) is 0 Å². The second kappa shape index (κ2) is 6.18. The molecule has 1 aliphatic rings. The van der Waals surface area contributed by atoms with Crippen LogP contribution >= 0.6 is 11.6 Å². The Bertz CT molecular complexity index is 334. The molecule has 1 aliphatic carbocycles. The van der Waals surface area contributed by atoms with Crippen molar-refractivity contribution in [2.24, 2.45) is 5.41 Å². The summed E-state index contributed by atoms with van der Waals surface area (Å²) in [4.78, 5) is 35.6. The normalized spacial score (nSPS) is 22.4. The van der Waals surface area contributed by atoms with Gasteiger partial charge in [0.05, 0.1) is 18.6 Å². The van der Waals surface area contributed by atoms with Crippen molar-refractivity contribution in [3.8, 4) is 0 Å². The van der Waals surface area contributed by atoms with Crippen molar-refractivity contribution < 1.29 is 23.9 Å². The summed E-state index contributed by atoms with van der Waals surface area (Å²) in [6.07, 6.45) is 0.224. The van der Waals surface area contributed by atoms with Crippen LogP contribution in [0.25, 0.3) is 0 Å². The summed E-state index contributed by atoms with van der Waals surface area (Å²) in [5.41, 5.74) is -1.51. The van der Waals surface area contributed by atoms with Crippen LogP contribution in [0.2, 0.25) is 0 Å². The van der Waals surface area contributed by atoms with E-state index in [1.54, 1.807) is 13.8 Å². The highest BCUT2D eigenvalue weighted by Gasteiger charge is 2.53. The summed E-state index contributed by atoms with van der Waals surface area (Å²) >= 11 is 5.80. The smallest absolute Gasteiger partial charge is 0.323 e. The van der Waals surface area contributed by atoms with Crippen molar-refractivity contribution in [1.29, 1.82) is 0 Å². The molecule has 5 nitrogen and oxygen atoms in total. The van der Waals surface area contributed by atoms with E-state index in [0.717, 1.165) is 0 Å². The van der Waals surface area contributed by atoms with E-state index in [2.05, 4.69) is 0 Å². The number of hydrogen-bond acceptors (Lipinski definition) is 5. The van der Waals surface area contributed by atoms with E-state index in [4.69, 9.17) is 21.1 Å². The molecule has 1 rings (SSSR count). The molecule has 0 aromatic carbocycles. The molecule has 0 bridgehead atoms. The molecule has 0 heterocycles. The quantitative estimate of drug-likeness (QED) is 0.442. The zero-order chi connectivity index (χ0) is 13.8. The Balaban J connectivity index is 2.98. The first kappa shape index (κ1) is 15.0. The van der Waals surface area contributed by atoms with Gasteiger partial charge >= 0.3 is 11.9 Å². The first-order valence-electron chi connectivity index (χ1n) is 5.99. The minimum absolute atomic E-state index is 0.151. The van der Waals surface area contributed by atoms with E-state index < -0.39 is 22.7 Å². The number of carbonyl (C=O) groups excluding carboxylic acids is 3. The van der Waals surface area contributed by atoms with Gasteiger partial charge in [-0.2, -0.15) is 0 Å². The SMILES string of the molecule is CCOC(=O)C1(C(=O)OCC)CCC(Cl)C(=O)C1. The molecule has 1 fully saturated rings. The van der Waals surface area contributed by atoms with Crippen molar-refractivity contribution in [1.82, 2.24) is 0 Å². The number of hydrogen-bond donors (Lipinski definition) is 0. The minimum atomic E-state index is -1.51. The van der Waals surface area contributed by atoms with Crippen LogP contribution in [-0.2, 0) is 23.9 Å². The maximum atomic E-state index is 12.0. The summed E-state index contributed by atoms with van der Waals surface area (Å²) in [7, 11) is 0. The van der Waals surface area contributed by atoms with Gasteiger partial charge in [-0.1, -0.05) is 0 Å². The number of ether oxygens (including phenoxy) is 2. The standard InChI is InChI=1S/C12H17ClO5/c1-3-17-10(15)12(11(16)18-4-2)6-5-8(13)9(14)7-12/h8H,3-7H2,1-2H3. The Hall–Kier alpha value is -1.10. The molecule has 0 aromatic rings. The molecule has 0 aromatic heterocycles. The highest BCUT2D eigenvalue weighted by Crippen LogP contribution is 2.38. The number of Topliss-reactive ketones (excluding diaryl/α,β-unsaturated/α-hetero) is 1. The number of halogens is 1. The second-order valence-corrected chi connectivity index (χ2v) is 4.70. The van der Waals surface area contributed by atoms with Gasteiger partial charge in [-0.05, 0) is 26.7 Å². The average Bonchev–Trinajstić information content (AvgIpc) is 2.33. The van der Waals surface area contributed by atoms with Crippen LogP contribution < -0.4 is 0 Å². The topological polar surface area (TPSA) is 69.7 Å². The van der Waals surface area contributed by atoms with Crippen molar-refractivity contribution in [2.45, 2.75) is 38.5 Å². The van der Waals surface area contributed by atoms with Gasteiger partial charge in [-0.15, -0.1) is 11.6 Å². The zero-order valence-electron chi connectivity index (χ0n) is 10.5. The maximum Gasteiger partial charge on any atom is 0.323 e. The van der Waals surface area contributed by atoms with Crippen LogP contribution in [0.1, 0.15) is 33.1 Å². The lowest BCUT2D eigenvalue weighted by Gasteiger charge is -2.33. The molecule has 0 radical (unpaired) electrons. The molecule has 1 saturated carbocycles. The van der Waals surface area contributed by atoms with Crippen LogP contribution in [0.15, 0.2) is 0 Å². The van der Waals surface area contributed by atoms with Crippen molar-refractivity contribution >= 4 is 29.3 Å². The Labute approximate surface area is 111 Å². The van der Waals surface area contributed by atoms with E-state index >= 15 is 0 Å². The summed E-state index contributed by atoms with van der Waals surface area (Å²) in [5, 5.41) is -0.637. The van der Waals surface area contributed by atoms with Gasteiger partial charge in [-0.3, -0.25) is 14.4 Å². The Morgan fingerprint density at radius 3 is 2.17 bits per heavy atom. The Morgan fingerprint density at radius 2 is 1.78 bits per heavy atom. The van der Waals surface area contributed by atoms with Crippen molar-refractivity contribution in [3.05, 3.63) is 0 Å². The molecule has 0 amide bonds. The molecule has 18 heavy (non-hydrogen) atoms. The van der Waals surface area contributed by atoms with Gasteiger partial charge in [0, 0.05) is 6.42 Å². The summed E-state index contributed by atoms with van der Waals surface area (Å²) in [6, 6.07) is 0. The number of alkyl halides is 1. The van der Waals surface area contributed by atoms with E-state index in [9.17, 15) is 14.4 Å². The molecular weight excluding hydrogens is 260 g/mol. The molecule has 0 saturated heterocycles. The summed E-state index contributed by atoms with van der Waals surface area (Å²) in [6.45, 7) is 3.59. The molecule has 102 valence electrons. The Morgan fingerprint density at radius 1 is 1.28 bits per heavy atom. The van der Waals surface area contributed by atoms with E-state index in [1.807, 2.05) is 0 Å². The fourth-order valence-electron chi connectivity index (χ4n) is 2.00. The molecule has 0 aliphatic heterocycles. The van der Waals surface area contributed by atoms with Crippen LogP contribution in [0.3, 0.4) is 0 Å². The third kappa shape index (κ3) is 2.83. The predicted octanol–water partition coefficient (Wildman–Crippen LogP) is 1.46. The molecule has 6 heteroatoms. The van der Waals surface area contributed by atoms with E-state index in [0.29, 0.717) is 0 Å². The highest BCUT2D eigenvalue weighted by molar-refractivity contribution is 6.32. The first-order chi connectivity index (χ1) is 8.47. The van der Waals surface area contributed by atoms with Gasteiger partial charge in [0.2, 0.25) is 0 Å². The molecular formula is C12H17ClO5. The monoisotopic (exact) mass is 276 g/mol. The van der Waals surface area contributed by atoms with E-state index in [1.165, 1.54) is 0 Å². The van der Waals surface area contributed by atoms with Crippen LogP contribution in [-0.4, -0.2) is 36.3 Å². The molecule has 1 atom stereocenters. The fraction of sp³-hybridized carbons (Fsp3) is 0.750. The zero-order valence-corrected chi connectivity index (χ0v) is 11.3. The number of carbonyl (C=O) groups is 3. The highest BCUT2D eigenvalue weighted by atomic mass is 35.5. The predicted molar refractivity (Wildman–Crippen MR) is 64.2 cm³/mol. The lowest BCUT2D eigenvalue weighted by atomic mass is 9.73. The fourth-order valence-corrected chi connectivity index (χ4v) is 2.19. The first-order valence-corrected chi connectivity index (χ1v) is 6.42. The van der Waals surface area contributed by atoms with Gasteiger partial charge in [-0.25, -0.2) is 0 Å². The number of esters is 2. The van der Waals surface area contributed by atoms with Gasteiger partial charge in [0.25, 0.3) is 0 Å². The van der Waals surface area contributed by atoms with Gasteiger partial charge in [0.1, 0.15) is 0 Å². The maximum absolute atomic E-state index is 12.0. The lowest BCUT2D eigenvalue weighted by Crippen LogP contribution is -2.48. The average molecular weight is 277 g/mol. The second-order valence-electron chi connectivity index (χ2n) is 4.17. The summed E-state index contributed by atoms with van der Waals surface area (Å²) in [5.74, 6) is -1.70. The molecule has 0 N–H and O–H groups in total. The van der Waals surface area contributed by atoms with Crippen molar-refractivity contribution in [2.75, 3.05) is 13.2 Å². The van der Waals surface area contributed by atoms with Crippen LogP contribution in [0, 0.1) is 5.41 Å². The minimum Gasteiger partial charge on any atom is -0.465 e. The largest absolute Gasteiger partial charge is 0.465 e. The lowest BCUT2D eigenvalue weighted by molar-refractivity contribution is -0.176. The number of rotatable bonds is 4. The third-order valence-corrected chi connectivity index (χ3v) is 3.44. The summed E-state index contributed by atoms with van der Waals surface area (Å²) < 4.78 is 9.80. The van der Waals surface area contributed by atoms with Crippen molar-refractivity contribution in [3.63, 3.8) is 0 Å². The van der Waals surface area contributed by atoms with E-state index in [-0.39, 0.29) is 38.3 Å². The number of ketones is 1. The molecule has 0 spiro atoms. The molecule has 1 unspecified atom stereocenters. The van der Waals surface area contributed by atoms with Gasteiger partial charge in [0.15, 0.2) is 11.2 Å². The van der Waals surface area contributed by atoms with Gasteiger partial charge < -0.3 is 9.47 Å².